The summed E-state index contributed by atoms with van der Waals surface area (Å²) >= 11 is 1.56. The zero-order valence-corrected chi connectivity index (χ0v) is 23.9. The molecule has 10 heteroatoms. The summed E-state index contributed by atoms with van der Waals surface area (Å²) in [6, 6.07) is 17.8. The molecular formula is C28H34N6O2S2. The van der Waals surface area contributed by atoms with Crippen molar-refractivity contribution in [1.29, 1.82) is 0 Å². The summed E-state index contributed by atoms with van der Waals surface area (Å²) in [5.74, 6) is 1.23. The van der Waals surface area contributed by atoms with Crippen molar-refractivity contribution in [3.8, 4) is 0 Å². The molecule has 4 aromatic rings. The van der Waals surface area contributed by atoms with Crippen LogP contribution in [0, 0.1) is 0 Å². The van der Waals surface area contributed by atoms with Gasteiger partial charge in [0.2, 0.25) is 5.95 Å². The fourth-order valence-electron chi connectivity index (χ4n) is 4.24. The minimum Gasteiger partial charge on any atom is -0.369 e. The van der Waals surface area contributed by atoms with Gasteiger partial charge in [-0.15, -0.1) is 11.3 Å². The third-order valence-electron chi connectivity index (χ3n) is 6.80. The molecule has 0 aliphatic carbocycles. The Morgan fingerprint density at radius 2 is 1.66 bits per heavy atom. The Kier molecular flexibility index (Phi) is 7.30. The molecule has 0 radical (unpaired) electrons. The standard InChI is InChI=1S/C28H34N6O2S2/c1-28(2,3)38(35,36)19-20-8-10-21(11-9-20)29-25-24-12-17-37-26(24)32-27(31-25)30-22-6-5-7-23(18-22)34-15-13-33(4)14-16-34/h5-12,17-18H,13-16,19H2,1-4H3,(H2,29,30,31,32). The third kappa shape index (κ3) is 5.92. The van der Waals surface area contributed by atoms with Gasteiger partial charge >= 0.3 is 0 Å². The number of piperazine rings is 1. The quantitative estimate of drug-likeness (QED) is 0.305. The molecule has 0 atom stereocenters. The fraction of sp³-hybridized carbons (Fsp3) is 0.357. The number of nitrogens with zero attached hydrogens (tertiary/aromatic N) is 4. The van der Waals surface area contributed by atoms with E-state index in [1.165, 1.54) is 5.69 Å². The summed E-state index contributed by atoms with van der Waals surface area (Å²) < 4.78 is 24.4. The maximum Gasteiger partial charge on any atom is 0.230 e. The predicted molar refractivity (Wildman–Crippen MR) is 159 cm³/mol. The Bertz CT molecular complexity index is 1520. The fourth-order valence-corrected chi connectivity index (χ4v) is 6.07. The van der Waals surface area contributed by atoms with Crippen LogP contribution in [0.4, 0.5) is 28.8 Å². The van der Waals surface area contributed by atoms with Crippen LogP contribution in [-0.4, -0.2) is 61.3 Å². The van der Waals surface area contributed by atoms with E-state index in [-0.39, 0.29) is 5.75 Å². The Hall–Kier alpha value is -3.21. The van der Waals surface area contributed by atoms with Crippen LogP contribution in [0.15, 0.2) is 60.0 Å². The average Bonchev–Trinajstić information content (AvgIpc) is 3.34. The van der Waals surface area contributed by atoms with E-state index in [1.807, 2.05) is 41.8 Å². The van der Waals surface area contributed by atoms with Crippen molar-refractivity contribution in [2.45, 2.75) is 31.3 Å². The lowest BCUT2D eigenvalue weighted by atomic mass is 10.2. The number of fused-ring (bicyclic) bond motifs is 1. The molecule has 0 unspecified atom stereocenters. The summed E-state index contributed by atoms with van der Waals surface area (Å²) in [7, 11) is -1.09. The monoisotopic (exact) mass is 550 g/mol. The number of hydrogen-bond donors (Lipinski definition) is 2. The number of hydrogen-bond acceptors (Lipinski definition) is 9. The van der Waals surface area contributed by atoms with Crippen molar-refractivity contribution in [2.75, 3.05) is 48.8 Å². The average molecular weight is 551 g/mol. The first-order chi connectivity index (χ1) is 18.1. The Balaban J connectivity index is 1.34. The van der Waals surface area contributed by atoms with E-state index in [2.05, 4.69) is 45.7 Å². The van der Waals surface area contributed by atoms with Gasteiger partial charge < -0.3 is 20.4 Å². The zero-order valence-electron chi connectivity index (χ0n) is 22.2. The molecule has 1 saturated heterocycles. The molecule has 0 bridgehead atoms. The minimum atomic E-state index is -3.25. The molecule has 8 nitrogen and oxygen atoms in total. The van der Waals surface area contributed by atoms with Crippen molar-refractivity contribution in [3.05, 3.63) is 65.5 Å². The second-order valence-corrected chi connectivity index (χ2v) is 14.3. The molecule has 200 valence electrons. The van der Waals surface area contributed by atoms with Crippen molar-refractivity contribution >= 4 is 60.2 Å². The first-order valence-corrected chi connectivity index (χ1v) is 15.2. The highest BCUT2D eigenvalue weighted by atomic mass is 32.2. The van der Waals surface area contributed by atoms with Crippen LogP contribution in [-0.2, 0) is 15.6 Å². The lowest BCUT2D eigenvalue weighted by molar-refractivity contribution is 0.313. The van der Waals surface area contributed by atoms with E-state index in [0.717, 1.165) is 53.3 Å². The molecular weight excluding hydrogens is 516 g/mol. The van der Waals surface area contributed by atoms with E-state index >= 15 is 0 Å². The van der Waals surface area contributed by atoms with Crippen LogP contribution in [0.2, 0.25) is 0 Å². The number of anilines is 5. The van der Waals surface area contributed by atoms with Crippen LogP contribution < -0.4 is 15.5 Å². The number of sulfone groups is 1. The van der Waals surface area contributed by atoms with Gasteiger partial charge in [0.25, 0.3) is 0 Å². The number of rotatable bonds is 7. The normalized spacial score (nSPS) is 15.1. The molecule has 2 N–H and O–H groups in total. The summed E-state index contributed by atoms with van der Waals surface area (Å²) in [6.45, 7) is 9.31. The van der Waals surface area contributed by atoms with Gasteiger partial charge in [-0.05, 0) is 75.2 Å². The smallest absolute Gasteiger partial charge is 0.230 e. The van der Waals surface area contributed by atoms with Gasteiger partial charge in [-0.25, -0.2) is 13.4 Å². The molecule has 2 aromatic carbocycles. The lowest BCUT2D eigenvalue weighted by Crippen LogP contribution is -2.44. The zero-order chi connectivity index (χ0) is 26.9. The topological polar surface area (TPSA) is 90.5 Å². The SMILES string of the molecule is CN1CCN(c2cccc(Nc3nc(Nc4ccc(CS(=O)(=O)C(C)(C)C)cc4)c4ccsc4n3)c2)CC1. The number of likely N-dealkylation sites (N-methyl/N-ethyl adjacent to an activating group) is 1. The number of thiophene rings is 1. The van der Waals surface area contributed by atoms with Crippen LogP contribution in [0.5, 0.6) is 0 Å². The highest BCUT2D eigenvalue weighted by Crippen LogP contribution is 2.31. The highest BCUT2D eigenvalue weighted by Gasteiger charge is 2.28. The van der Waals surface area contributed by atoms with Crippen molar-refractivity contribution in [3.63, 3.8) is 0 Å². The van der Waals surface area contributed by atoms with Crippen LogP contribution in [0.1, 0.15) is 26.3 Å². The first kappa shape index (κ1) is 26.4. The minimum absolute atomic E-state index is 0.0142. The molecule has 2 aromatic heterocycles. The first-order valence-electron chi connectivity index (χ1n) is 12.7. The van der Waals surface area contributed by atoms with E-state index in [0.29, 0.717) is 11.8 Å². The van der Waals surface area contributed by atoms with Gasteiger partial charge in [0.15, 0.2) is 9.84 Å². The van der Waals surface area contributed by atoms with Gasteiger partial charge in [0.1, 0.15) is 10.6 Å². The van der Waals surface area contributed by atoms with Gasteiger partial charge in [-0.3, -0.25) is 0 Å². The molecule has 1 fully saturated rings. The van der Waals surface area contributed by atoms with Crippen LogP contribution >= 0.6 is 11.3 Å². The Labute approximate surface area is 228 Å². The highest BCUT2D eigenvalue weighted by molar-refractivity contribution is 7.91. The Morgan fingerprint density at radius 1 is 0.921 bits per heavy atom. The molecule has 0 spiro atoms. The summed E-state index contributed by atoms with van der Waals surface area (Å²) in [6.07, 6.45) is 0. The summed E-state index contributed by atoms with van der Waals surface area (Å²) in [5, 5.41) is 9.73. The van der Waals surface area contributed by atoms with Gasteiger partial charge in [0.05, 0.1) is 15.9 Å². The maximum absolute atomic E-state index is 12.6. The van der Waals surface area contributed by atoms with Crippen LogP contribution in [0.25, 0.3) is 10.2 Å². The van der Waals surface area contributed by atoms with Gasteiger partial charge in [0, 0.05) is 43.2 Å². The summed E-state index contributed by atoms with van der Waals surface area (Å²) in [4.78, 5) is 15.1. The van der Waals surface area contributed by atoms with E-state index in [1.54, 1.807) is 32.1 Å². The Morgan fingerprint density at radius 3 is 2.37 bits per heavy atom. The second kappa shape index (κ2) is 10.5. The molecule has 1 aliphatic heterocycles. The van der Waals surface area contributed by atoms with Crippen molar-refractivity contribution in [1.82, 2.24) is 14.9 Å². The van der Waals surface area contributed by atoms with Gasteiger partial charge in [-0.2, -0.15) is 4.98 Å². The molecule has 0 amide bonds. The van der Waals surface area contributed by atoms with E-state index in [9.17, 15) is 8.42 Å². The molecule has 38 heavy (non-hydrogen) atoms. The van der Waals surface area contributed by atoms with E-state index in [4.69, 9.17) is 9.97 Å². The van der Waals surface area contributed by atoms with Crippen LogP contribution in [0.3, 0.4) is 0 Å². The summed E-state index contributed by atoms with van der Waals surface area (Å²) in [5.41, 5.74) is 3.72. The molecule has 0 saturated carbocycles. The lowest BCUT2D eigenvalue weighted by Gasteiger charge is -2.34. The second-order valence-electron chi connectivity index (χ2n) is 10.7. The van der Waals surface area contributed by atoms with Crippen molar-refractivity contribution in [2.24, 2.45) is 0 Å². The maximum atomic E-state index is 12.6. The molecule has 1 aliphatic rings. The van der Waals surface area contributed by atoms with Gasteiger partial charge in [-0.1, -0.05) is 18.2 Å². The number of benzene rings is 2. The molecule has 5 rings (SSSR count). The van der Waals surface area contributed by atoms with E-state index < -0.39 is 14.6 Å². The predicted octanol–water partition coefficient (Wildman–Crippen LogP) is 5.64. The van der Waals surface area contributed by atoms with Crippen molar-refractivity contribution < 1.29 is 8.42 Å². The molecule has 3 heterocycles. The number of aromatic nitrogens is 2. The largest absolute Gasteiger partial charge is 0.369 e. The third-order valence-corrected chi connectivity index (χ3v) is 10.2. The number of nitrogens with one attached hydrogen (secondary N) is 2.